The Morgan fingerprint density at radius 1 is 1.32 bits per heavy atom. The first-order valence-electron chi connectivity index (χ1n) is 7.69. The predicted octanol–water partition coefficient (Wildman–Crippen LogP) is 3.86. The van der Waals surface area contributed by atoms with Gasteiger partial charge in [-0.05, 0) is 24.1 Å². The van der Waals surface area contributed by atoms with E-state index in [0.717, 1.165) is 6.07 Å². The first kappa shape index (κ1) is 18.8. The van der Waals surface area contributed by atoms with Crippen LogP contribution in [-0.2, 0) is 23.9 Å². The van der Waals surface area contributed by atoms with Crippen LogP contribution in [-0.4, -0.2) is 16.0 Å². The number of carbonyl (C=O) groups is 1. The molecule has 1 aromatic carbocycles. The third-order valence-corrected chi connectivity index (χ3v) is 3.18. The van der Waals surface area contributed by atoms with Crippen molar-refractivity contribution in [2.45, 2.75) is 39.9 Å². The van der Waals surface area contributed by atoms with Crippen molar-refractivity contribution in [1.29, 1.82) is 0 Å². The van der Waals surface area contributed by atoms with Gasteiger partial charge in [0.15, 0.2) is 5.82 Å². The molecule has 0 bridgehead atoms. The average molecular weight is 356 g/mol. The van der Waals surface area contributed by atoms with Crippen LogP contribution in [0.1, 0.15) is 38.0 Å². The maximum Gasteiger partial charge on any atom is 0.418 e. The number of aromatic nitrogens is 2. The Hall–Kier alpha value is -2.58. The van der Waals surface area contributed by atoms with Gasteiger partial charge in [0, 0.05) is 24.7 Å². The number of anilines is 2. The van der Waals surface area contributed by atoms with Crippen molar-refractivity contribution in [2.75, 3.05) is 10.6 Å². The lowest BCUT2D eigenvalue weighted by molar-refractivity contribution is -0.137. The number of carbonyl (C=O) groups excluding carboxylic acids is 1. The molecule has 1 amide bonds. The summed E-state index contributed by atoms with van der Waals surface area (Å²) in [6, 6.07) is 3.51. The monoisotopic (exact) mass is 356 g/mol. The number of nitrogens with one attached hydrogen (secondary N) is 2. The third kappa shape index (κ3) is 5.47. The van der Waals surface area contributed by atoms with Gasteiger partial charge in [0.25, 0.3) is 0 Å². The van der Waals surface area contributed by atoms with E-state index >= 15 is 0 Å². The fourth-order valence-corrected chi connectivity index (χ4v) is 2.19. The van der Waals surface area contributed by atoms with E-state index in [-0.39, 0.29) is 23.8 Å². The maximum atomic E-state index is 13.2. The third-order valence-electron chi connectivity index (χ3n) is 3.18. The van der Waals surface area contributed by atoms with Crippen LogP contribution in [0.5, 0.6) is 0 Å². The van der Waals surface area contributed by atoms with Gasteiger partial charge in [-0.25, -0.2) is 0 Å². The summed E-state index contributed by atoms with van der Waals surface area (Å²) in [6.45, 7) is 5.19. The second-order valence-electron chi connectivity index (χ2n) is 6.00. The first-order chi connectivity index (χ1) is 11.6. The van der Waals surface area contributed by atoms with Gasteiger partial charge < -0.3 is 15.2 Å². The topological polar surface area (TPSA) is 80.0 Å². The molecule has 9 heteroatoms. The smallest absolute Gasteiger partial charge is 0.376 e. The van der Waals surface area contributed by atoms with E-state index in [4.69, 9.17) is 4.52 Å². The van der Waals surface area contributed by atoms with Gasteiger partial charge in [-0.1, -0.05) is 19.0 Å². The van der Waals surface area contributed by atoms with Gasteiger partial charge in [-0.15, -0.1) is 0 Å². The van der Waals surface area contributed by atoms with Crippen molar-refractivity contribution in [3.05, 3.63) is 35.5 Å². The van der Waals surface area contributed by atoms with Gasteiger partial charge in [0.2, 0.25) is 11.8 Å². The summed E-state index contributed by atoms with van der Waals surface area (Å²) in [6.07, 6.45) is -3.95. The van der Waals surface area contributed by atoms with Crippen molar-refractivity contribution < 1.29 is 22.5 Å². The van der Waals surface area contributed by atoms with Crippen molar-refractivity contribution >= 4 is 17.3 Å². The van der Waals surface area contributed by atoms with E-state index in [1.54, 1.807) is 0 Å². The molecule has 0 aliphatic carbocycles. The number of alkyl halides is 3. The Bertz CT molecular complexity index is 741. The standard InChI is InChI=1S/C16H19F3N4O2/c1-9(2)6-14-22-15(25-23-14)8-20-13-5-4-11(21-10(3)24)7-12(13)16(17,18)19/h4-5,7,9,20H,6,8H2,1-3H3,(H,21,24). The number of halogens is 3. The van der Waals surface area contributed by atoms with E-state index in [1.165, 1.54) is 19.1 Å². The molecule has 25 heavy (non-hydrogen) atoms. The van der Waals surface area contributed by atoms with Gasteiger partial charge in [-0.3, -0.25) is 4.79 Å². The zero-order chi connectivity index (χ0) is 18.6. The zero-order valence-electron chi connectivity index (χ0n) is 14.1. The highest BCUT2D eigenvalue weighted by Crippen LogP contribution is 2.36. The molecule has 0 aliphatic heterocycles. The Kier molecular flexibility index (Phi) is 5.66. The number of amides is 1. The number of rotatable bonds is 6. The molecule has 1 heterocycles. The molecule has 0 aliphatic rings. The molecular weight excluding hydrogens is 337 g/mol. The molecule has 0 saturated heterocycles. The molecule has 0 atom stereocenters. The Morgan fingerprint density at radius 3 is 2.64 bits per heavy atom. The fourth-order valence-electron chi connectivity index (χ4n) is 2.19. The van der Waals surface area contributed by atoms with Gasteiger partial charge >= 0.3 is 6.18 Å². The largest absolute Gasteiger partial charge is 0.418 e. The molecular formula is C16H19F3N4O2. The quantitative estimate of drug-likeness (QED) is 0.822. The highest BCUT2D eigenvalue weighted by atomic mass is 19.4. The fraction of sp³-hybridized carbons (Fsp3) is 0.438. The van der Waals surface area contributed by atoms with Crippen LogP contribution in [0, 0.1) is 5.92 Å². The molecule has 2 aromatic rings. The van der Waals surface area contributed by atoms with Crippen LogP contribution < -0.4 is 10.6 Å². The van der Waals surface area contributed by atoms with E-state index in [2.05, 4.69) is 20.8 Å². The molecule has 2 rings (SSSR count). The second kappa shape index (κ2) is 7.54. The molecule has 0 spiro atoms. The normalized spacial score (nSPS) is 11.6. The number of hydrogen-bond acceptors (Lipinski definition) is 5. The SMILES string of the molecule is CC(=O)Nc1ccc(NCc2nc(CC(C)C)no2)c(C(F)(F)F)c1. The minimum atomic E-state index is -4.57. The summed E-state index contributed by atoms with van der Waals surface area (Å²) in [4.78, 5) is 15.1. The molecule has 136 valence electrons. The van der Waals surface area contributed by atoms with E-state index in [0.29, 0.717) is 18.2 Å². The Labute approximate surface area is 142 Å². The van der Waals surface area contributed by atoms with Crippen molar-refractivity contribution in [2.24, 2.45) is 5.92 Å². The summed E-state index contributed by atoms with van der Waals surface area (Å²) < 4.78 is 44.7. The van der Waals surface area contributed by atoms with Gasteiger partial charge in [-0.2, -0.15) is 18.2 Å². The molecule has 0 unspecified atom stereocenters. The minimum Gasteiger partial charge on any atom is -0.376 e. The summed E-state index contributed by atoms with van der Waals surface area (Å²) in [5, 5.41) is 8.78. The lowest BCUT2D eigenvalue weighted by Gasteiger charge is -2.15. The predicted molar refractivity (Wildman–Crippen MR) is 85.9 cm³/mol. The highest BCUT2D eigenvalue weighted by Gasteiger charge is 2.34. The van der Waals surface area contributed by atoms with Crippen molar-refractivity contribution in [3.8, 4) is 0 Å². The second-order valence-corrected chi connectivity index (χ2v) is 6.00. The summed E-state index contributed by atoms with van der Waals surface area (Å²) >= 11 is 0. The van der Waals surface area contributed by atoms with Crippen LogP contribution in [0.25, 0.3) is 0 Å². The van der Waals surface area contributed by atoms with Crippen LogP contribution in [0.3, 0.4) is 0 Å². The number of nitrogens with zero attached hydrogens (tertiary/aromatic N) is 2. The number of hydrogen-bond donors (Lipinski definition) is 2. The van der Waals surface area contributed by atoms with Crippen molar-refractivity contribution in [3.63, 3.8) is 0 Å². The van der Waals surface area contributed by atoms with E-state index < -0.39 is 17.6 Å². The summed E-state index contributed by atoms with van der Waals surface area (Å²) in [5.74, 6) is 0.618. The average Bonchev–Trinajstić information content (AvgIpc) is 2.91. The minimum absolute atomic E-state index is 0.0341. The van der Waals surface area contributed by atoms with Gasteiger partial charge in [0.05, 0.1) is 12.1 Å². The molecule has 1 aromatic heterocycles. The van der Waals surface area contributed by atoms with Crippen LogP contribution in [0.2, 0.25) is 0 Å². The Balaban J connectivity index is 2.15. The molecule has 0 saturated carbocycles. The highest BCUT2D eigenvalue weighted by molar-refractivity contribution is 5.89. The summed E-state index contributed by atoms with van der Waals surface area (Å²) in [7, 11) is 0. The Morgan fingerprint density at radius 2 is 2.04 bits per heavy atom. The van der Waals surface area contributed by atoms with Crippen molar-refractivity contribution in [1.82, 2.24) is 10.1 Å². The maximum absolute atomic E-state index is 13.2. The van der Waals surface area contributed by atoms with Crippen LogP contribution in [0.4, 0.5) is 24.5 Å². The number of benzene rings is 1. The van der Waals surface area contributed by atoms with E-state index in [1.807, 2.05) is 13.8 Å². The molecule has 0 fully saturated rings. The first-order valence-corrected chi connectivity index (χ1v) is 7.69. The lowest BCUT2D eigenvalue weighted by atomic mass is 10.1. The lowest BCUT2D eigenvalue weighted by Crippen LogP contribution is -2.13. The van der Waals surface area contributed by atoms with Gasteiger partial charge in [0.1, 0.15) is 0 Å². The molecule has 6 nitrogen and oxygen atoms in total. The molecule has 0 radical (unpaired) electrons. The van der Waals surface area contributed by atoms with E-state index in [9.17, 15) is 18.0 Å². The molecule has 2 N–H and O–H groups in total. The van der Waals surface area contributed by atoms with Crippen LogP contribution in [0.15, 0.2) is 22.7 Å². The summed E-state index contributed by atoms with van der Waals surface area (Å²) in [5.41, 5.74) is -0.951. The van der Waals surface area contributed by atoms with Crippen LogP contribution >= 0.6 is 0 Å². The zero-order valence-corrected chi connectivity index (χ0v) is 14.1.